The Balaban J connectivity index is 1.49. The SMILES string of the molecule is O=C(Cn1ccc2ccccc21)N/N=C1/CCCc2ccccc21. The molecule has 1 aliphatic rings. The van der Waals surface area contributed by atoms with Gasteiger partial charge in [0, 0.05) is 17.3 Å². The number of nitrogens with one attached hydrogen (secondary N) is 1. The van der Waals surface area contributed by atoms with Crippen molar-refractivity contribution >= 4 is 22.5 Å². The maximum absolute atomic E-state index is 12.3. The number of amides is 1. The molecule has 120 valence electrons. The van der Waals surface area contributed by atoms with Crippen molar-refractivity contribution in [3.63, 3.8) is 0 Å². The summed E-state index contributed by atoms with van der Waals surface area (Å²) in [7, 11) is 0. The van der Waals surface area contributed by atoms with Gasteiger partial charge in [-0.3, -0.25) is 4.79 Å². The molecule has 0 unspecified atom stereocenters. The van der Waals surface area contributed by atoms with Crippen LogP contribution in [-0.4, -0.2) is 16.2 Å². The molecule has 0 saturated carbocycles. The number of rotatable bonds is 3. The van der Waals surface area contributed by atoms with Crippen LogP contribution in [0, 0.1) is 0 Å². The molecule has 0 spiro atoms. The lowest BCUT2D eigenvalue weighted by Crippen LogP contribution is -2.25. The third-order valence-corrected chi connectivity index (χ3v) is 4.50. The van der Waals surface area contributed by atoms with Crippen LogP contribution in [-0.2, 0) is 17.8 Å². The Kier molecular flexibility index (Phi) is 3.87. The van der Waals surface area contributed by atoms with Gasteiger partial charge in [0.15, 0.2) is 0 Å². The van der Waals surface area contributed by atoms with E-state index in [-0.39, 0.29) is 12.5 Å². The van der Waals surface area contributed by atoms with Crippen molar-refractivity contribution in [2.24, 2.45) is 5.10 Å². The maximum atomic E-state index is 12.3. The number of para-hydroxylation sites is 1. The third kappa shape index (κ3) is 2.83. The normalized spacial score (nSPS) is 15.4. The summed E-state index contributed by atoms with van der Waals surface area (Å²) in [6.07, 6.45) is 5.00. The standard InChI is InChI=1S/C20H19N3O/c24-20(14-23-13-12-16-7-2-4-11-19(16)23)22-21-18-10-5-8-15-6-1-3-9-17(15)18/h1-4,6-7,9,11-13H,5,8,10,14H2,(H,22,24)/b21-18-. The molecule has 0 atom stereocenters. The first kappa shape index (κ1) is 14.7. The smallest absolute Gasteiger partial charge is 0.259 e. The molecule has 1 heterocycles. The first-order valence-electron chi connectivity index (χ1n) is 8.29. The topological polar surface area (TPSA) is 46.4 Å². The number of carbonyl (C=O) groups excluding carboxylic acids is 1. The molecule has 0 aliphatic heterocycles. The van der Waals surface area contributed by atoms with E-state index < -0.39 is 0 Å². The Hall–Kier alpha value is -2.88. The second-order valence-corrected chi connectivity index (χ2v) is 6.11. The lowest BCUT2D eigenvalue weighted by molar-refractivity contribution is -0.121. The number of carbonyl (C=O) groups is 1. The molecule has 3 aromatic rings. The van der Waals surface area contributed by atoms with Gasteiger partial charge in [0.05, 0.1) is 5.71 Å². The minimum atomic E-state index is -0.105. The summed E-state index contributed by atoms with van der Waals surface area (Å²) >= 11 is 0. The van der Waals surface area contributed by atoms with Gasteiger partial charge < -0.3 is 4.57 Å². The van der Waals surface area contributed by atoms with Crippen molar-refractivity contribution in [3.8, 4) is 0 Å². The molecule has 4 nitrogen and oxygen atoms in total. The fourth-order valence-electron chi connectivity index (χ4n) is 3.32. The zero-order valence-corrected chi connectivity index (χ0v) is 13.4. The Bertz CT molecular complexity index is 923. The monoisotopic (exact) mass is 317 g/mol. The van der Waals surface area contributed by atoms with Crippen LogP contribution in [0.15, 0.2) is 65.9 Å². The van der Waals surface area contributed by atoms with E-state index in [1.54, 1.807) is 0 Å². The molecule has 1 amide bonds. The Morgan fingerprint density at radius 1 is 1.04 bits per heavy atom. The van der Waals surface area contributed by atoms with Gasteiger partial charge in [0.2, 0.25) is 0 Å². The van der Waals surface area contributed by atoms with Crippen molar-refractivity contribution in [1.82, 2.24) is 9.99 Å². The second-order valence-electron chi connectivity index (χ2n) is 6.11. The van der Waals surface area contributed by atoms with Gasteiger partial charge >= 0.3 is 0 Å². The molecule has 24 heavy (non-hydrogen) atoms. The number of nitrogens with zero attached hydrogens (tertiary/aromatic N) is 2. The summed E-state index contributed by atoms with van der Waals surface area (Å²) in [5.74, 6) is -0.105. The van der Waals surface area contributed by atoms with Gasteiger partial charge in [-0.15, -0.1) is 0 Å². The summed E-state index contributed by atoms with van der Waals surface area (Å²) in [4.78, 5) is 12.3. The van der Waals surface area contributed by atoms with Crippen LogP contribution in [0.4, 0.5) is 0 Å². The maximum Gasteiger partial charge on any atom is 0.259 e. The number of aryl methyl sites for hydroxylation is 1. The molecular weight excluding hydrogens is 298 g/mol. The Labute approximate surface area is 140 Å². The molecule has 0 saturated heterocycles. The van der Waals surface area contributed by atoms with Crippen LogP contribution in [0.3, 0.4) is 0 Å². The van der Waals surface area contributed by atoms with E-state index >= 15 is 0 Å². The van der Waals surface area contributed by atoms with Crippen molar-refractivity contribution < 1.29 is 4.79 Å². The lowest BCUT2D eigenvalue weighted by atomic mass is 9.90. The van der Waals surface area contributed by atoms with Crippen LogP contribution < -0.4 is 5.43 Å². The zero-order valence-electron chi connectivity index (χ0n) is 13.4. The summed E-state index contributed by atoms with van der Waals surface area (Å²) < 4.78 is 1.94. The molecule has 4 heteroatoms. The van der Waals surface area contributed by atoms with Gasteiger partial charge in [0.1, 0.15) is 6.54 Å². The molecule has 1 N–H and O–H groups in total. The Morgan fingerprint density at radius 3 is 2.83 bits per heavy atom. The van der Waals surface area contributed by atoms with Crippen LogP contribution in [0.1, 0.15) is 24.0 Å². The summed E-state index contributed by atoms with van der Waals surface area (Å²) in [6.45, 7) is 0.270. The molecule has 4 rings (SSSR count). The summed E-state index contributed by atoms with van der Waals surface area (Å²) in [5, 5.41) is 5.53. The molecule has 0 bridgehead atoms. The van der Waals surface area contributed by atoms with E-state index in [2.05, 4.69) is 28.7 Å². The Morgan fingerprint density at radius 2 is 1.88 bits per heavy atom. The average Bonchev–Trinajstić information content (AvgIpc) is 3.03. The highest BCUT2D eigenvalue weighted by molar-refractivity contribution is 6.03. The van der Waals surface area contributed by atoms with Crippen molar-refractivity contribution in [2.45, 2.75) is 25.8 Å². The van der Waals surface area contributed by atoms with E-state index in [0.717, 1.165) is 41.4 Å². The first-order chi connectivity index (χ1) is 11.8. The van der Waals surface area contributed by atoms with Crippen molar-refractivity contribution in [3.05, 3.63) is 71.9 Å². The summed E-state index contributed by atoms with van der Waals surface area (Å²) in [5.41, 5.74) is 7.23. The lowest BCUT2D eigenvalue weighted by Gasteiger charge is -2.17. The summed E-state index contributed by atoms with van der Waals surface area (Å²) in [6, 6.07) is 18.4. The quantitative estimate of drug-likeness (QED) is 0.738. The van der Waals surface area contributed by atoms with Gasteiger partial charge in [0.25, 0.3) is 5.91 Å². The number of benzene rings is 2. The van der Waals surface area contributed by atoms with E-state index in [1.165, 1.54) is 5.56 Å². The van der Waals surface area contributed by atoms with E-state index in [9.17, 15) is 4.79 Å². The highest BCUT2D eigenvalue weighted by atomic mass is 16.2. The average molecular weight is 317 g/mol. The third-order valence-electron chi connectivity index (χ3n) is 4.50. The highest BCUT2D eigenvalue weighted by Gasteiger charge is 2.15. The number of aromatic nitrogens is 1. The number of hydrazone groups is 1. The first-order valence-corrected chi connectivity index (χ1v) is 8.29. The number of hydrogen-bond acceptors (Lipinski definition) is 2. The van der Waals surface area contributed by atoms with Gasteiger partial charge in [-0.2, -0.15) is 5.10 Å². The number of fused-ring (bicyclic) bond motifs is 2. The number of hydrogen-bond donors (Lipinski definition) is 1. The molecule has 1 aromatic heterocycles. The fourth-order valence-corrected chi connectivity index (χ4v) is 3.32. The largest absolute Gasteiger partial charge is 0.338 e. The minimum Gasteiger partial charge on any atom is -0.338 e. The van der Waals surface area contributed by atoms with E-state index in [4.69, 9.17) is 0 Å². The molecule has 1 aliphatic carbocycles. The van der Waals surface area contributed by atoms with Crippen molar-refractivity contribution in [2.75, 3.05) is 0 Å². The van der Waals surface area contributed by atoms with Crippen LogP contribution >= 0.6 is 0 Å². The van der Waals surface area contributed by atoms with E-state index in [0.29, 0.717) is 0 Å². The van der Waals surface area contributed by atoms with Crippen molar-refractivity contribution in [1.29, 1.82) is 0 Å². The van der Waals surface area contributed by atoms with E-state index in [1.807, 2.05) is 47.2 Å². The predicted octanol–water partition coefficient (Wildman–Crippen LogP) is 3.50. The highest BCUT2D eigenvalue weighted by Crippen LogP contribution is 2.21. The van der Waals surface area contributed by atoms with Gasteiger partial charge in [-0.25, -0.2) is 5.43 Å². The van der Waals surface area contributed by atoms with Gasteiger partial charge in [-0.05, 0) is 42.3 Å². The molecular formula is C20H19N3O. The van der Waals surface area contributed by atoms with Gasteiger partial charge in [-0.1, -0.05) is 42.5 Å². The fraction of sp³-hybridized carbons (Fsp3) is 0.200. The minimum absolute atomic E-state index is 0.105. The second kappa shape index (κ2) is 6.32. The molecule has 0 radical (unpaired) electrons. The zero-order chi connectivity index (χ0) is 16.4. The van der Waals surface area contributed by atoms with Crippen LogP contribution in [0.25, 0.3) is 10.9 Å². The van der Waals surface area contributed by atoms with Crippen LogP contribution in [0.5, 0.6) is 0 Å². The molecule has 0 fully saturated rings. The van der Waals surface area contributed by atoms with Crippen LogP contribution in [0.2, 0.25) is 0 Å². The predicted molar refractivity (Wildman–Crippen MR) is 96.0 cm³/mol. The molecule has 2 aromatic carbocycles.